The van der Waals surface area contributed by atoms with Gasteiger partial charge < -0.3 is 10.1 Å². The fraction of sp³-hybridized carbons (Fsp3) is 0.400. The molecule has 0 amide bonds. The van der Waals surface area contributed by atoms with Crippen LogP contribution in [0.1, 0.15) is 24.1 Å². The summed E-state index contributed by atoms with van der Waals surface area (Å²) in [7, 11) is 1.92. The van der Waals surface area contributed by atoms with E-state index in [1.807, 2.05) is 49.0 Å². The molecule has 0 aliphatic heterocycles. The van der Waals surface area contributed by atoms with E-state index in [1.54, 1.807) is 0 Å². The molecule has 0 bridgehead atoms. The molecule has 4 heteroatoms. The first kappa shape index (κ1) is 12.2. The number of hydrogen-bond acceptors (Lipinski definition) is 3. The normalized spacial score (nSPS) is 14.6. The lowest BCUT2D eigenvalue weighted by Crippen LogP contribution is -2.16. The molecule has 1 N–H and O–H groups in total. The lowest BCUT2D eigenvalue weighted by molar-refractivity contribution is 0.423. The van der Waals surface area contributed by atoms with Gasteiger partial charge in [-0.05, 0) is 31.9 Å². The SMILES string of the molecule is Cc1nn(C)c(Oc2ccccc2)c1CNC1CC1. The maximum atomic E-state index is 5.97. The Morgan fingerprint density at radius 2 is 2.05 bits per heavy atom. The van der Waals surface area contributed by atoms with Crippen molar-refractivity contribution in [3.05, 3.63) is 41.6 Å². The van der Waals surface area contributed by atoms with Crippen LogP contribution in [0, 0.1) is 6.92 Å². The molecule has 1 aromatic heterocycles. The Kier molecular flexibility index (Phi) is 3.25. The van der Waals surface area contributed by atoms with Crippen LogP contribution in [0.4, 0.5) is 0 Å². The highest BCUT2D eigenvalue weighted by Gasteiger charge is 2.22. The molecule has 0 unspecified atom stereocenters. The first-order chi connectivity index (χ1) is 9.24. The number of para-hydroxylation sites is 1. The van der Waals surface area contributed by atoms with Crippen LogP contribution in [-0.4, -0.2) is 15.8 Å². The zero-order valence-corrected chi connectivity index (χ0v) is 11.4. The van der Waals surface area contributed by atoms with Crippen LogP contribution in [0.5, 0.6) is 11.6 Å². The van der Waals surface area contributed by atoms with Crippen LogP contribution < -0.4 is 10.1 Å². The highest BCUT2D eigenvalue weighted by atomic mass is 16.5. The van der Waals surface area contributed by atoms with E-state index < -0.39 is 0 Å². The summed E-state index contributed by atoms with van der Waals surface area (Å²) in [6.45, 7) is 2.86. The Bertz CT molecular complexity index is 558. The van der Waals surface area contributed by atoms with Gasteiger partial charge in [0.25, 0.3) is 0 Å². The van der Waals surface area contributed by atoms with E-state index in [-0.39, 0.29) is 0 Å². The van der Waals surface area contributed by atoms with Crippen molar-refractivity contribution in [2.75, 3.05) is 0 Å². The molecule has 0 radical (unpaired) electrons. The minimum absolute atomic E-state index is 0.684. The largest absolute Gasteiger partial charge is 0.439 e. The van der Waals surface area contributed by atoms with Crippen LogP contribution in [0.3, 0.4) is 0 Å². The molecule has 1 saturated carbocycles. The minimum Gasteiger partial charge on any atom is -0.439 e. The summed E-state index contributed by atoms with van der Waals surface area (Å²) in [5.41, 5.74) is 2.18. The van der Waals surface area contributed by atoms with E-state index in [9.17, 15) is 0 Å². The van der Waals surface area contributed by atoms with E-state index in [0.717, 1.165) is 29.4 Å². The van der Waals surface area contributed by atoms with E-state index in [4.69, 9.17) is 4.74 Å². The number of hydrogen-bond donors (Lipinski definition) is 1. The Labute approximate surface area is 113 Å². The van der Waals surface area contributed by atoms with Crippen molar-refractivity contribution in [1.82, 2.24) is 15.1 Å². The molecular formula is C15H19N3O. The third-order valence-electron chi connectivity index (χ3n) is 3.39. The van der Waals surface area contributed by atoms with Crippen molar-refractivity contribution in [3.8, 4) is 11.6 Å². The fourth-order valence-corrected chi connectivity index (χ4v) is 2.15. The highest BCUT2D eigenvalue weighted by molar-refractivity contribution is 5.35. The quantitative estimate of drug-likeness (QED) is 0.895. The van der Waals surface area contributed by atoms with Gasteiger partial charge in [0.2, 0.25) is 5.88 Å². The molecule has 1 fully saturated rings. The number of aryl methyl sites for hydroxylation is 2. The Morgan fingerprint density at radius 3 is 2.74 bits per heavy atom. The monoisotopic (exact) mass is 257 g/mol. The van der Waals surface area contributed by atoms with Crippen molar-refractivity contribution in [2.24, 2.45) is 7.05 Å². The van der Waals surface area contributed by atoms with Crippen molar-refractivity contribution < 1.29 is 4.74 Å². The molecule has 1 heterocycles. The van der Waals surface area contributed by atoms with Gasteiger partial charge in [0.05, 0.1) is 11.3 Å². The number of benzene rings is 1. The number of nitrogens with one attached hydrogen (secondary N) is 1. The van der Waals surface area contributed by atoms with Gasteiger partial charge in [0.15, 0.2) is 0 Å². The fourth-order valence-electron chi connectivity index (χ4n) is 2.15. The molecule has 0 saturated heterocycles. The molecule has 1 aliphatic carbocycles. The first-order valence-electron chi connectivity index (χ1n) is 6.73. The molecule has 100 valence electrons. The summed E-state index contributed by atoms with van der Waals surface area (Å²) < 4.78 is 7.79. The number of ether oxygens (including phenoxy) is 1. The molecule has 19 heavy (non-hydrogen) atoms. The predicted molar refractivity (Wildman–Crippen MR) is 74.3 cm³/mol. The van der Waals surface area contributed by atoms with Gasteiger partial charge in [-0.1, -0.05) is 18.2 Å². The van der Waals surface area contributed by atoms with E-state index >= 15 is 0 Å². The zero-order valence-electron chi connectivity index (χ0n) is 11.4. The topological polar surface area (TPSA) is 39.1 Å². The lowest BCUT2D eigenvalue weighted by atomic mass is 10.2. The van der Waals surface area contributed by atoms with Gasteiger partial charge in [-0.2, -0.15) is 5.10 Å². The van der Waals surface area contributed by atoms with Crippen LogP contribution in [0.2, 0.25) is 0 Å². The Balaban J connectivity index is 1.82. The summed E-state index contributed by atoms with van der Waals surface area (Å²) in [6, 6.07) is 10.5. The van der Waals surface area contributed by atoms with Gasteiger partial charge in [0.1, 0.15) is 5.75 Å². The number of rotatable bonds is 5. The van der Waals surface area contributed by atoms with E-state index in [2.05, 4.69) is 10.4 Å². The average molecular weight is 257 g/mol. The third-order valence-corrected chi connectivity index (χ3v) is 3.39. The molecular weight excluding hydrogens is 238 g/mol. The van der Waals surface area contributed by atoms with Crippen molar-refractivity contribution in [1.29, 1.82) is 0 Å². The first-order valence-corrected chi connectivity index (χ1v) is 6.73. The number of aromatic nitrogens is 2. The van der Waals surface area contributed by atoms with Crippen LogP contribution in [0.15, 0.2) is 30.3 Å². The van der Waals surface area contributed by atoms with Crippen LogP contribution in [0.25, 0.3) is 0 Å². The van der Waals surface area contributed by atoms with Crippen molar-refractivity contribution in [2.45, 2.75) is 32.4 Å². The number of nitrogens with zero attached hydrogens (tertiary/aromatic N) is 2. The van der Waals surface area contributed by atoms with Crippen molar-refractivity contribution in [3.63, 3.8) is 0 Å². The molecule has 0 spiro atoms. The summed E-state index contributed by atoms with van der Waals surface area (Å²) >= 11 is 0. The molecule has 1 aliphatic rings. The second-order valence-electron chi connectivity index (χ2n) is 5.06. The van der Waals surface area contributed by atoms with Gasteiger partial charge in [0, 0.05) is 19.6 Å². The minimum atomic E-state index is 0.684. The molecule has 4 nitrogen and oxygen atoms in total. The molecule has 3 rings (SSSR count). The molecule has 1 aromatic carbocycles. The maximum absolute atomic E-state index is 5.97. The summed E-state index contributed by atoms with van der Waals surface area (Å²) in [5.74, 6) is 1.68. The lowest BCUT2D eigenvalue weighted by Gasteiger charge is -2.09. The van der Waals surface area contributed by atoms with E-state index in [1.165, 1.54) is 12.8 Å². The molecule has 2 aromatic rings. The van der Waals surface area contributed by atoms with Gasteiger partial charge >= 0.3 is 0 Å². The summed E-state index contributed by atoms with van der Waals surface area (Å²) in [6.07, 6.45) is 2.57. The standard InChI is InChI=1S/C15H19N3O/c1-11-14(10-16-12-8-9-12)15(18(2)17-11)19-13-6-4-3-5-7-13/h3-7,12,16H,8-10H2,1-2H3. The Morgan fingerprint density at radius 1 is 1.32 bits per heavy atom. The van der Waals surface area contributed by atoms with E-state index in [0.29, 0.717) is 6.04 Å². The second kappa shape index (κ2) is 5.05. The van der Waals surface area contributed by atoms with Gasteiger partial charge in [-0.25, -0.2) is 4.68 Å². The Hall–Kier alpha value is -1.81. The van der Waals surface area contributed by atoms with Gasteiger partial charge in [-0.3, -0.25) is 0 Å². The summed E-state index contributed by atoms with van der Waals surface area (Å²) in [5, 5.41) is 7.98. The maximum Gasteiger partial charge on any atom is 0.222 e. The second-order valence-corrected chi connectivity index (χ2v) is 5.06. The smallest absolute Gasteiger partial charge is 0.222 e. The van der Waals surface area contributed by atoms with Gasteiger partial charge in [-0.15, -0.1) is 0 Å². The zero-order chi connectivity index (χ0) is 13.2. The predicted octanol–water partition coefficient (Wildman–Crippen LogP) is 2.77. The van der Waals surface area contributed by atoms with Crippen LogP contribution in [-0.2, 0) is 13.6 Å². The van der Waals surface area contributed by atoms with Crippen LogP contribution >= 0.6 is 0 Å². The highest BCUT2D eigenvalue weighted by Crippen LogP contribution is 2.28. The summed E-state index contributed by atoms with van der Waals surface area (Å²) in [4.78, 5) is 0. The average Bonchev–Trinajstić information content (AvgIpc) is 3.18. The van der Waals surface area contributed by atoms with Crippen molar-refractivity contribution >= 4 is 0 Å². The third kappa shape index (κ3) is 2.79. The molecule has 0 atom stereocenters.